The van der Waals surface area contributed by atoms with Crippen LogP contribution in [-0.4, -0.2) is 42.0 Å². The highest BCUT2D eigenvalue weighted by Gasteiger charge is 2.20. The molecule has 0 spiro atoms. The van der Waals surface area contributed by atoms with Crippen LogP contribution in [0.4, 0.5) is 5.69 Å². The Morgan fingerprint density at radius 2 is 2.50 bits per heavy atom. The van der Waals surface area contributed by atoms with Gasteiger partial charge in [0.15, 0.2) is 0 Å². The van der Waals surface area contributed by atoms with E-state index in [1.807, 2.05) is 6.07 Å². The van der Waals surface area contributed by atoms with E-state index in [4.69, 9.17) is 5.73 Å². The average molecular weight is 248 g/mol. The summed E-state index contributed by atoms with van der Waals surface area (Å²) in [4.78, 5) is 17.4. The molecule has 0 radical (unpaired) electrons. The zero-order valence-corrected chi connectivity index (χ0v) is 10.7. The second-order valence-corrected chi connectivity index (χ2v) is 4.72. The van der Waals surface area contributed by atoms with Crippen LogP contribution in [0.15, 0.2) is 18.3 Å². The first-order chi connectivity index (χ1) is 8.69. The second-order valence-electron chi connectivity index (χ2n) is 4.72. The molecule has 0 aromatic carbocycles. The molecule has 2 rings (SSSR count). The van der Waals surface area contributed by atoms with Gasteiger partial charge in [-0.25, -0.2) is 0 Å². The normalized spacial score (nSPS) is 19.9. The Morgan fingerprint density at radius 3 is 3.17 bits per heavy atom. The van der Waals surface area contributed by atoms with Crippen molar-refractivity contribution in [2.24, 2.45) is 11.7 Å². The minimum Gasteiger partial charge on any atom is -0.385 e. The molecule has 18 heavy (non-hydrogen) atoms. The number of likely N-dealkylation sites (tertiary alicyclic amines) is 1. The number of nitrogens with one attached hydrogen (secondary N) is 1. The Hall–Kier alpha value is -1.62. The van der Waals surface area contributed by atoms with Crippen molar-refractivity contribution in [3.63, 3.8) is 0 Å². The molecule has 1 fully saturated rings. The summed E-state index contributed by atoms with van der Waals surface area (Å²) in [6.45, 7) is 6.58. The van der Waals surface area contributed by atoms with Gasteiger partial charge in [0.2, 0.25) is 0 Å². The van der Waals surface area contributed by atoms with E-state index in [1.54, 1.807) is 12.3 Å². The third-order valence-corrected chi connectivity index (χ3v) is 3.42. The number of nitrogens with zero attached hydrogens (tertiary/aromatic N) is 2. The molecule has 1 aliphatic heterocycles. The number of carbonyl (C=O) groups excluding carboxylic acids is 1. The van der Waals surface area contributed by atoms with E-state index < -0.39 is 5.91 Å². The van der Waals surface area contributed by atoms with Gasteiger partial charge in [-0.3, -0.25) is 9.78 Å². The molecule has 0 aliphatic carbocycles. The van der Waals surface area contributed by atoms with E-state index in [9.17, 15) is 4.79 Å². The molecule has 5 nitrogen and oxygen atoms in total. The zero-order chi connectivity index (χ0) is 13.0. The average Bonchev–Trinajstić information content (AvgIpc) is 2.84. The lowest BCUT2D eigenvalue weighted by atomic mass is 10.1. The summed E-state index contributed by atoms with van der Waals surface area (Å²) in [6.07, 6.45) is 2.84. The molecule has 1 saturated heterocycles. The summed E-state index contributed by atoms with van der Waals surface area (Å²) < 4.78 is 0. The highest BCUT2D eigenvalue weighted by Crippen LogP contribution is 2.17. The van der Waals surface area contributed by atoms with Gasteiger partial charge in [-0.1, -0.05) is 6.92 Å². The number of primary amides is 1. The van der Waals surface area contributed by atoms with Crippen LogP contribution in [-0.2, 0) is 0 Å². The predicted molar refractivity (Wildman–Crippen MR) is 71.5 cm³/mol. The molecule has 1 aromatic heterocycles. The Labute approximate surface area is 107 Å². The first-order valence-electron chi connectivity index (χ1n) is 6.41. The van der Waals surface area contributed by atoms with Gasteiger partial charge < -0.3 is 16.0 Å². The summed E-state index contributed by atoms with van der Waals surface area (Å²) in [6, 6.07) is 3.56. The maximum Gasteiger partial charge on any atom is 0.267 e. The number of pyridine rings is 1. The van der Waals surface area contributed by atoms with Crippen LogP contribution < -0.4 is 11.1 Å². The number of carbonyl (C=O) groups is 1. The first kappa shape index (κ1) is 12.8. The van der Waals surface area contributed by atoms with Gasteiger partial charge in [-0.05, 0) is 37.6 Å². The van der Waals surface area contributed by atoms with Crippen LogP contribution in [0.1, 0.15) is 23.8 Å². The predicted octanol–water partition coefficient (Wildman–Crippen LogP) is 0.934. The topological polar surface area (TPSA) is 71.2 Å². The number of hydrogen-bond donors (Lipinski definition) is 2. The lowest BCUT2D eigenvalue weighted by molar-refractivity contribution is 0.0995. The first-order valence-corrected chi connectivity index (χ1v) is 6.41. The molecule has 1 aliphatic rings. The van der Waals surface area contributed by atoms with Gasteiger partial charge in [0, 0.05) is 25.0 Å². The summed E-state index contributed by atoms with van der Waals surface area (Å²) in [5.41, 5.74) is 6.42. The maximum absolute atomic E-state index is 11.0. The van der Waals surface area contributed by atoms with Crippen LogP contribution in [0.5, 0.6) is 0 Å². The van der Waals surface area contributed by atoms with Crippen LogP contribution in [0.25, 0.3) is 0 Å². The molecule has 2 heterocycles. The fourth-order valence-electron chi connectivity index (χ4n) is 2.30. The van der Waals surface area contributed by atoms with Gasteiger partial charge in [0.1, 0.15) is 5.69 Å². The van der Waals surface area contributed by atoms with Crippen molar-refractivity contribution in [3.05, 3.63) is 24.0 Å². The van der Waals surface area contributed by atoms with Gasteiger partial charge in [0.25, 0.3) is 5.91 Å². The Kier molecular flexibility index (Phi) is 4.15. The van der Waals surface area contributed by atoms with Crippen molar-refractivity contribution in [1.29, 1.82) is 0 Å². The Balaban J connectivity index is 1.87. The molecule has 1 aromatic rings. The number of rotatable bonds is 5. The molecular weight excluding hydrogens is 228 g/mol. The van der Waals surface area contributed by atoms with Gasteiger partial charge in [0.05, 0.1) is 0 Å². The van der Waals surface area contributed by atoms with Crippen molar-refractivity contribution < 1.29 is 4.79 Å². The summed E-state index contributed by atoms with van der Waals surface area (Å²) >= 11 is 0. The molecule has 1 amide bonds. The van der Waals surface area contributed by atoms with Crippen molar-refractivity contribution in [1.82, 2.24) is 9.88 Å². The van der Waals surface area contributed by atoms with Gasteiger partial charge in [-0.15, -0.1) is 0 Å². The van der Waals surface area contributed by atoms with Gasteiger partial charge >= 0.3 is 0 Å². The number of nitrogens with two attached hydrogens (primary N) is 1. The van der Waals surface area contributed by atoms with Crippen LogP contribution in [0.3, 0.4) is 0 Å². The Bertz CT molecular complexity index is 421. The number of hydrogen-bond acceptors (Lipinski definition) is 4. The highest BCUT2D eigenvalue weighted by molar-refractivity contribution is 5.91. The standard InChI is InChI=1S/C13H20N4O/c1-2-17-6-4-10(9-17)8-16-11-3-5-15-12(7-11)13(14)18/h3,5,7,10H,2,4,6,8-9H2,1H3,(H2,14,18)(H,15,16). The van der Waals surface area contributed by atoms with E-state index in [0.717, 1.165) is 25.3 Å². The minimum atomic E-state index is -0.489. The van der Waals surface area contributed by atoms with Crippen molar-refractivity contribution in [3.8, 4) is 0 Å². The molecule has 98 valence electrons. The van der Waals surface area contributed by atoms with Crippen LogP contribution in [0, 0.1) is 5.92 Å². The van der Waals surface area contributed by atoms with Gasteiger partial charge in [-0.2, -0.15) is 0 Å². The van der Waals surface area contributed by atoms with E-state index in [-0.39, 0.29) is 0 Å². The third-order valence-electron chi connectivity index (χ3n) is 3.42. The maximum atomic E-state index is 11.0. The lowest BCUT2D eigenvalue weighted by Crippen LogP contribution is -2.22. The van der Waals surface area contributed by atoms with E-state index in [2.05, 4.69) is 22.1 Å². The number of anilines is 1. The minimum absolute atomic E-state index is 0.307. The van der Waals surface area contributed by atoms with Crippen molar-refractivity contribution in [2.75, 3.05) is 31.5 Å². The fraction of sp³-hybridized carbons (Fsp3) is 0.538. The Morgan fingerprint density at radius 1 is 1.67 bits per heavy atom. The zero-order valence-electron chi connectivity index (χ0n) is 10.7. The smallest absolute Gasteiger partial charge is 0.267 e. The molecular formula is C13H20N4O. The second kappa shape index (κ2) is 5.82. The molecule has 1 unspecified atom stereocenters. The van der Waals surface area contributed by atoms with E-state index in [0.29, 0.717) is 11.6 Å². The van der Waals surface area contributed by atoms with Crippen LogP contribution in [0.2, 0.25) is 0 Å². The number of amides is 1. The largest absolute Gasteiger partial charge is 0.385 e. The summed E-state index contributed by atoms with van der Waals surface area (Å²) in [5.74, 6) is 0.187. The monoisotopic (exact) mass is 248 g/mol. The fourth-order valence-corrected chi connectivity index (χ4v) is 2.30. The van der Waals surface area contributed by atoms with E-state index >= 15 is 0 Å². The summed E-state index contributed by atoms with van der Waals surface area (Å²) in [5, 5.41) is 3.35. The van der Waals surface area contributed by atoms with Crippen molar-refractivity contribution in [2.45, 2.75) is 13.3 Å². The van der Waals surface area contributed by atoms with E-state index in [1.165, 1.54) is 13.0 Å². The van der Waals surface area contributed by atoms with Crippen LogP contribution >= 0.6 is 0 Å². The molecule has 5 heteroatoms. The molecule has 0 bridgehead atoms. The quantitative estimate of drug-likeness (QED) is 0.813. The third kappa shape index (κ3) is 3.20. The number of aromatic nitrogens is 1. The molecule has 1 atom stereocenters. The SMILES string of the molecule is CCN1CCC(CNc2ccnc(C(N)=O)c2)C1. The highest BCUT2D eigenvalue weighted by atomic mass is 16.1. The lowest BCUT2D eigenvalue weighted by Gasteiger charge is -2.14. The van der Waals surface area contributed by atoms with Crippen molar-refractivity contribution >= 4 is 11.6 Å². The summed E-state index contributed by atoms with van der Waals surface area (Å²) in [7, 11) is 0. The molecule has 0 saturated carbocycles. The molecule has 3 N–H and O–H groups in total.